The molecule has 3 amide bonds. The summed E-state index contributed by atoms with van der Waals surface area (Å²) < 4.78 is 11.5. The Morgan fingerprint density at radius 1 is 1.05 bits per heavy atom. The molecule has 0 unspecified atom stereocenters. The third kappa shape index (κ3) is 5.75. The second-order valence-corrected chi connectivity index (χ2v) is 9.72. The minimum atomic E-state index is -0.343. The van der Waals surface area contributed by atoms with E-state index in [2.05, 4.69) is 5.32 Å². The van der Waals surface area contributed by atoms with Gasteiger partial charge in [0.2, 0.25) is 6.20 Å². The highest BCUT2D eigenvalue weighted by atomic mass is 16.5. The number of rotatable bonds is 12. The number of aryl methyl sites for hydroxylation is 2. The molecule has 2 aromatic heterocycles. The highest BCUT2D eigenvalue weighted by Gasteiger charge is 2.38. The van der Waals surface area contributed by atoms with E-state index in [1.54, 1.807) is 54.7 Å². The largest absolute Gasteiger partial charge is 0.503 e. The molecule has 11 heteroatoms. The molecule has 0 spiro atoms. The van der Waals surface area contributed by atoms with Crippen molar-refractivity contribution in [2.45, 2.75) is 39.5 Å². The number of imidazole rings is 1. The molecule has 11 nitrogen and oxygen atoms in total. The summed E-state index contributed by atoms with van der Waals surface area (Å²) in [6.45, 7) is 3.66. The van der Waals surface area contributed by atoms with Crippen LogP contribution in [0.1, 0.15) is 39.9 Å². The average molecular weight is 560 g/mol. The molecule has 0 saturated carbocycles. The number of fused-ring (bicyclic) bond motifs is 2. The van der Waals surface area contributed by atoms with Crippen LogP contribution in [0, 0.1) is 0 Å². The number of aromatic nitrogens is 3. The standard InChI is InChI=1S/C30H31N5O6/c1-2-33-25-11-10-22(41-20-27(38)31-12-6-14-32-13-5-7-21(37)18-32)17-26(25)34(15-16-36)28(33)19-35-29(39)23-8-3-4-9-24(23)30(35)40/h3-5,7-11,13,17-18,36H,2,6,12,14-16,19-20H2,1H3/p+2. The number of aliphatic hydroxyl groups is 1. The van der Waals surface area contributed by atoms with E-state index in [0.717, 1.165) is 11.0 Å². The van der Waals surface area contributed by atoms with Gasteiger partial charge < -0.3 is 20.3 Å². The second-order valence-electron chi connectivity index (χ2n) is 9.72. The third-order valence-electron chi connectivity index (χ3n) is 7.10. The normalized spacial score (nSPS) is 12.7. The number of benzene rings is 2. The van der Waals surface area contributed by atoms with Crippen molar-refractivity contribution in [3.05, 3.63) is 83.9 Å². The van der Waals surface area contributed by atoms with Gasteiger partial charge in [-0.15, -0.1) is 0 Å². The highest BCUT2D eigenvalue weighted by molar-refractivity contribution is 6.21. The number of amides is 3. The topological polar surface area (TPSA) is 129 Å². The summed E-state index contributed by atoms with van der Waals surface area (Å²) >= 11 is 0. The molecule has 0 bridgehead atoms. The molecule has 0 radical (unpaired) electrons. The molecule has 1 aliphatic rings. The predicted octanol–water partition coefficient (Wildman–Crippen LogP) is 1.32. The van der Waals surface area contributed by atoms with Crippen LogP contribution in [-0.4, -0.2) is 57.2 Å². The van der Waals surface area contributed by atoms with Crippen LogP contribution in [0.25, 0.3) is 11.0 Å². The van der Waals surface area contributed by atoms with Gasteiger partial charge in [0.05, 0.1) is 24.3 Å². The van der Waals surface area contributed by atoms with Crippen molar-refractivity contribution in [2.75, 3.05) is 19.8 Å². The van der Waals surface area contributed by atoms with Gasteiger partial charge >= 0.3 is 0 Å². The molecule has 3 N–H and O–H groups in total. The molecular formula is C30H33N5O6+2. The van der Waals surface area contributed by atoms with Crippen LogP contribution >= 0.6 is 0 Å². The zero-order chi connectivity index (χ0) is 28.9. The van der Waals surface area contributed by atoms with Crippen molar-refractivity contribution in [1.29, 1.82) is 0 Å². The second kappa shape index (κ2) is 12.2. The predicted molar refractivity (Wildman–Crippen MR) is 147 cm³/mol. The fourth-order valence-electron chi connectivity index (χ4n) is 5.20. The van der Waals surface area contributed by atoms with Gasteiger partial charge in [-0.05, 0) is 37.3 Å². The number of hydrogen-bond acceptors (Lipinski definition) is 6. The van der Waals surface area contributed by atoms with Crippen LogP contribution in [0.5, 0.6) is 11.5 Å². The summed E-state index contributed by atoms with van der Waals surface area (Å²) in [5.74, 6) is 0.425. The number of ether oxygens (including phenoxy) is 1. The first kappa shape index (κ1) is 27.8. The molecule has 0 fully saturated rings. The van der Waals surface area contributed by atoms with Gasteiger partial charge in [-0.2, -0.15) is 0 Å². The van der Waals surface area contributed by atoms with E-state index >= 15 is 0 Å². The van der Waals surface area contributed by atoms with Crippen molar-refractivity contribution in [2.24, 2.45) is 0 Å². The van der Waals surface area contributed by atoms with Gasteiger partial charge in [0.1, 0.15) is 25.4 Å². The van der Waals surface area contributed by atoms with Gasteiger partial charge in [-0.1, -0.05) is 12.1 Å². The number of hydrogen-bond donors (Lipinski definition) is 3. The number of pyridine rings is 1. The lowest BCUT2D eigenvalue weighted by Gasteiger charge is -2.13. The molecule has 4 aromatic rings. The fourth-order valence-corrected chi connectivity index (χ4v) is 5.20. The molecule has 41 heavy (non-hydrogen) atoms. The summed E-state index contributed by atoms with van der Waals surface area (Å²) in [4.78, 5) is 39.7. The van der Waals surface area contributed by atoms with E-state index in [9.17, 15) is 24.6 Å². The van der Waals surface area contributed by atoms with E-state index in [4.69, 9.17) is 4.74 Å². The van der Waals surface area contributed by atoms with Gasteiger partial charge in [0.25, 0.3) is 23.5 Å². The molecule has 2 aromatic carbocycles. The lowest BCUT2D eigenvalue weighted by atomic mass is 10.1. The van der Waals surface area contributed by atoms with E-state index in [0.29, 0.717) is 48.8 Å². The molecule has 5 rings (SSSR count). The van der Waals surface area contributed by atoms with Crippen molar-refractivity contribution >= 4 is 28.8 Å². The molecule has 0 atom stereocenters. The third-order valence-corrected chi connectivity index (χ3v) is 7.10. The first-order valence-corrected chi connectivity index (χ1v) is 13.6. The minimum absolute atomic E-state index is 0.0499. The van der Waals surface area contributed by atoms with Gasteiger partial charge in [0.15, 0.2) is 29.6 Å². The maximum atomic E-state index is 13.0. The summed E-state index contributed by atoms with van der Waals surface area (Å²) in [5, 5.41) is 22.2. The molecule has 3 heterocycles. The van der Waals surface area contributed by atoms with Crippen molar-refractivity contribution in [3.63, 3.8) is 0 Å². The number of nitrogens with one attached hydrogen (secondary N) is 1. The van der Waals surface area contributed by atoms with E-state index < -0.39 is 0 Å². The number of aromatic hydroxyl groups is 1. The smallest absolute Gasteiger partial charge is 0.278 e. The Balaban J connectivity index is 1.28. The molecule has 212 valence electrons. The Morgan fingerprint density at radius 2 is 1.80 bits per heavy atom. The zero-order valence-electron chi connectivity index (χ0n) is 22.8. The molecule has 0 aliphatic carbocycles. The Morgan fingerprint density at radius 3 is 2.49 bits per heavy atom. The van der Waals surface area contributed by atoms with Gasteiger partial charge in [-0.3, -0.25) is 19.3 Å². The van der Waals surface area contributed by atoms with E-state index in [1.807, 2.05) is 32.9 Å². The number of carbonyl (C=O) groups is 3. The van der Waals surface area contributed by atoms with Crippen molar-refractivity contribution in [3.8, 4) is 11.5 Å². The zero-order valence-corrected chi connectivity index (χ0v) is 22.8. The monoisotopic (exact) mass is 559 g/mol. The summed E-state index contributed by atoms with van der Waals surface area (Å²) in [6, 6.07) is 15.6. The maximum Gasteiger partial charge on any atom is 0.278 e. The number of carbonyl (C=O) groups excluding carboxylic acids is 3. The fraction of sp³-hybridized carbons (Fsp3) is 0.300. The van der Waals surface area contributed by atoms with Crippen LogP contribution in [-0.2, 0) is 31.0 Å². The highest BCUT2D eigenvalue weighted by Crippen LogP contribution is 2.26. The minimum Gasteiger partial charge on any atom is -0.503 e. The molecule has 0 saturated heterocycles. The number of imide groups is 1. The molecule has 1 aliphatic heterocycles. The van der Waals surface area contributed by atoms with Gasteiger partial charge in [0, 0.05) is 25.1 Å². The average Bonchev–Trinajstić information content (AvgIpc) is 3.40. The number of aliphatic hydroxyl groups excluding tert-OH is 1. The summed E-state index contributed by atoms with van der Waals surface area (Å²) in [5.41, 5.74) is 2.39. The first-order valence-electron chi connectivity index (χ1n) is 13.6. The van der Waals surface area contributed by atoms with E-state index in [-0.39, 0.29) is 49.8 Å². The lowest BCUT2D eigenvalue weighted by Crippen LogP contribution is -2.42. The Labute approximate surface area is 236 Å². The van der Waals surface area contributed by atoms with Crippen LogP contribution < -0.4 is 19.2 Å². The van der Waals surface area contributed by atoms with Crippen LogP contribution in [0.3, 0.4) is 0 Å². The Kier molecular flexibility index (Phi) is 8.25. The Hall–Kier alpha value is -4.77. The lowest BCUT2D eigenvalue weighted by molar-refractivity contribution is -0.697. The maximum absolute atomic E-state index is 13.0. The first-order chi connectivity index (χ1) is 19.9. The van der Waals surface area contributed by atoms with Crippen LogP contribution in [0.4, 0.5) is 0 Å². The summed E-state index contributed by atoms with van der Waals surface area (Å²) in [7, 11) is 0. The Bertz CT molecular complexity index is 1580. The quantitative estimate of drug-likeness (QED) is 0.136. The van der Waals surface area contributed by atoms with Gasteiger partial charge in [-0.25, -0.2) is 13.7 Å². The van der Waals surface area contributed by atoms with Crippen molar-refractivity contribution < 1.29 is 38.5 Å². The van der Waals surface area contributed by atoms with Crippen LogP contribution in [0.15, 0.2) is 67.0 Å². The SMILES string of the molecule is CC[n+]1c(CN2C(=O)c3ccccc3C2=O)n(CCO)c2cc(OCC(=O)NCCC[n+]3cccc(O)c3)ccc21. The van der Waals surface area contributed by atoms with E-state index in [1.165, 1.54) is 4.90 Å². The van der Waals surface area contributed by atoms with Crippen molar-refractivity contribution in [1.82, 2.24) is 14.8 Å². The molecular weight excluding hydrogens is 526 g/mol. The summed E-state index contributed by atoms with van der Waals surface area (Å²) in [6.07, 6.45) is 4.16. The number of nitrogens with zero attached hydrogens (tertiary/aromatic N) is 4. The van der Waals surface area contributed by atoms with Crippen LogP contribution in [0.2, 0.25) is 0 Å².